The summed E-state index contributed by atoms with van der Waals surface area (Å²) >= 11 is 0. The van der Waals surface area contributed by atoms with Crippen LogP contribution in [0.15, 0.2) is 23.8 Å². The van der Waals surface area contributed by atoms with Crippen LogP contribution < -0.4 is 0 Å². The van der Waals surface area contributed by atoms with E-state index in [1.807, 2.05) is 6.08 Å². The molecule has 0 amide bonds. The van der Waals surface area contributed by atoms with Crippen molar-refractivity contribution in [2.45, 2.75) is 19.0 Å². The fourth-order valence-electron chi connectivity index (χ4n) is 1.36. The standard InChI is InChI=1S/C9H14O4/c1-13-9(12)7-5-3-2-4-6(7)8(10)11/h2-3,5-6,8-12H,4H2,1H3. The van der Waals surface area contributed by atoms with Crippen LogP contribution >= 0.6 is 0 Å². The van der Waals surface area contributed by atoms with Gasteiger partial charge in [-0.15, -0.1) is 0 Å². The van der Waals surface area contributed by atoms with E-state index in [4.69, 9.17) is 14.9 Å². The van der Waals surface area contributed by atoms with Gasteiger partial charge >= 0.3 is 0 Å². The van der Waals surface area contributed by atoms with Gasteiger partial charge in [-0.3, -0.25) is 0 Å². The van der Waals surface area contributed by atoms with Crippen LogP contribution in [-0.4, -0.2) is 35.0 Å². The number of allylic oxidation sites excluding steroid dienone is 3. The minimum Gasteiger partial charge on any atom is -0.368 e. The molecular weight excluding hydrogens is 172 g/mol. The first kappa shape index (κ1) is 10.4. The summed E-state index contributed by atoms with van der Waals surface area (Å²) in [6.07, 6.45) is 3.20. The number of methoxy groups -OCH3 is 1. The lowest BCUT2D eigenvalue weighted by molar-refractivity contribution is -0.100. The van der Waals surface area contributed by atoms with Gasteiger partial charge in [-0.25, -0.2) is 0 Å². The molecule has 4 nitrogen and oxygen atoms in total. The van der Waals surface area contributed by atoms with Gasteiger partial charge in [0.05, 0.1) is 0 Å². The Morgan fingerprint density at radius 3 is 2.69 bits per heavy atom. The Kier molecular flexibility index (Phi) is 3.62. The molecule has 13 heavy (non-hydrogen) atoms. The average Bonchev–Trinajstić information content (AvgIpc) is 2.16. The zero-order chi connectivity index (χ0) is 9.84. The summed E-state index contributed by atoms with van der Waals surface area (Å²) < 4.78 is 4.70. The molecule has 0 heterocycles. The fraction of sp³-hybridized carbons (Fsp3) is 0.556. The zero-order valence-electron chi connectivity index (χ0n) is 7.42. The molecule has 2 atom stereocenters. The first-order valence-electron chi connectivity index (χ1n) is 4.10. The molecule has 1 aliphatic carbocycles. The van der Waals surface area contributed by atoms with E-state index >= 15 is 0 Å². The third-order valence-electron chi connectivity index (χ3n) is 2.11. The topological polar surface area (TPSA) is 69.9 Å². The Labute approximate surface area is 76.8 Å². The molecule has 0 aromatic carbocycles. The first-order valence-corrected chi connectivity index (χ1v) is 4.10. The van der Waals surface area contributed by atoms with Gasteiger partial charge in [0, 0.05) is 13.0 Å². The zero-order valence-corrected chi connectivity index (χ0v) is 7.42. The number of rotatable bonds is 3. The quantitative estimate of drug-likeness (QED) is 0.532. The molecule has 0 fully saturated rings. The molecule has 0 saturated heterocycles. The van der Waals surface area contributed by atoms with Gasteiger partial charge in [-0.05, 0) is 12.0 Å². The Balaban J connectivity index is 2.76. The second-order valence-electron chi connectivity index (χ2n) is 2.94. The summed E-state index contributed by atoms with van der Waals surface area (Å²) in [6.45, 7) is 0. The maximum Gasteiger partial charge on any atom is 0.177 e. The number of aliphatic hydroxyl groups is 3. The smallest absolute Gasteiger partial charge is 0.177 e. The van der Waals surface area contributed by atoms with E-state index in [1.165, 1.54) is 7.11 Å². The summed E-state index contributed by atoms with van der Waals surface area (Å²) in [5.74, 6) is -0.472. The van der Waals surface area contributed by atoms with Crippen LogP contribution in [0.25, 0.3) is 0 Å². The molecular formula is C9H14O4. The summed E-state index contributed by atoms with van der Waals surface area (Å²) in [5, 5.41) is 27.4. The minimum atomic E-state index is -1.46. The van der Waals surface area contributed by atoms with Crippen LogP contribution in [0.5, 0.6) is 0 Å². The second-order valence-corrected chi connectivity index (χ2v) is 2.94. The molecule has 4 heteroatoms. The van der Waals surface area contributed by atoms with Crippen molar-refractivity contribution in [1.29, 1.82) is 0 Å². The van der Waals surface area contributed by atoms with E-state index in [0.29, 0.717) is 12.0 Å². The molecule has 1 rings (SSSR count). The van der Waals surface area contributed by atoms with Crippen LogP contribution in [0.3, 0.4) is 0 Å². The van der Waals surface area contributed by atoms with Gasteiger partial charge in [0.15, 0.2) is 12.6 Å². The van der Waals surface area contributed by atoms with Gasteiger partial charge in [-0.1, -0.05) is 18.2 Å². The highest BCUT2D eigenvalue weighted by atomic mass is 16.6. The summed E-state index contributed by atoms with van der Waals surface area (Å²) in [7, 11) is 1.37. The van der Waals surface area contributed by atoms with Crippen LogP contribution in [0.4, 0.5) is 0 Å². The maximum atomic E-state index is 9.36. The van der Waals surface area contributed by atoms with Crippen LogP contribution in [-0.2, 0) is 4.74 Å². The van der Waals surface area contributed by atoms with Gasteiger partial charge in [0.2, 0.25) is 0 Å². The van der Waals surface area contributed by atoms with Gasteiger partial charge < -0.3 is 20.1 Å². The Bertz CT molecular complexity index is 220. The predicted molar refractivity (Wildman–Crippen MR) is 46.6 cm³/mol. The number of hydrogen-bond acceptors (Lipinski definition) is 4. The summed E-state index contributed by atoms with van der Waals surface area (Å²) in [6, 6.07) is 0. The minimum absolute atomic E-state index is 0.472. The molecule has 3 N–H and O–H groups in total. The lowest BCUT2D eigenvalue weighted by Crippen LogP contribution is -2.29. The molecule has 0 aromatic heterocycles. The normalized spacial score (nSPS) is 24.7. The molecule has 0 bridgehead atoms. The van der Waals surface area contributed by atoms with E-state index in [1.54, 1.807) is 12.2 Å². The van der Waals surface area contributed by atoms with Gasteiger partial charge in [0.1, 0.15) is 0 Å². The second kappa shape index (κ2) is 4.53. The van der Waals surface area contributed by atoms with Gasteiger partial charge in [-0.2, -0.15) is 0 Å². The summed E-state index contributed by atoms with van der Waals surface area (Å²) in [5.41, 5.74) is 0.500. The largest absolute Gasteiger partial charge is 0.368 e. The molecule has 0 radical (unpaired) electrons. The van der Waals surface area contributed by atoms with Crippen LogP contribution in [0, 0.1) is 5.92 Å². The van der Waals surface area contributed by atoms with Crippen molar-refractivity contribution in [3.63, 3.8) is 0 Å². The maximum absolute atomic E-state index is 9.36. The molecule has 0 aliphatic heterocycles. The Morgan fingerprint density at radius 2 is 2.15 bits per heavy atom. The first-order chi connectivity index (χ1) is 6.16. The molecule has 0 spiro atoms. The predicted octanol–water partition coefficient (Wildman–Crippen LogP) is -0.236. The monoisotopic (exact) mass is 186 g/mol. The van der Waals surface area contributed by atoms with E-state index in [-0.39, 0.29) is 0 Å². The van der Waals surface area contributed by atoms with E-state index in [2.05, 4.69) is 0 Å². The highest BCUT2D eigenvalue weighted by Gasteiger charge is 2.26. The van der Waals surface area contributed by atoms with Crippen molar-refractivity contribution in [2.24, 2.45) is 5.92 Å². The van der Waals surface area contributed by atoms with E-state index < -0.39 is 18.5 Å². The molecule has 0 saturated carbocycles. The third kappa shape index (κ3) is 2.38. The lowest BCUT2D eigenvalue weighted by Gasteiger charge is -2.25. The van der Waals surface area contributed by atoms with Crippen molar-refractivity contribution < 1.29 is 20.1 Å². The van der Waals surface area contributed by atoms with Gasteiger partial charge in [0.25, 0.3) is 0 Å². The average molecular weight is 186 g/mol. The molecule has 2 unspecified atom stereocenters. The number of hydrogen-bond donors (Lipinski definition) is 3. The fourth-order valence-corrected chi connectivity index (χ4v) is 1.36. The highest BCUT2D eigenvalue weighted by Crippen LogP contribution is 2.25. The Morgan fingerprint density at radius 1 is 1.46 bits per heavy atom. The van der Waals surface area contributed by atoms with E-state index in [0.717, 1.165) is 0 Å². The number of ether oxygens (including phenoxy) is 1. The lowest BCUT2D eigenvalue weighted by atomic mass is 9.90. The summed E-state index contributed by atoms with van der Waals surface area (Å²) in [4.78, 5) is 0. The molecule has 74 valence electrons. The van der Waals surface area contributed by atoms with Crippen molar-refractivity contribution in [3.05, 3.63) is 23.8 Å². The van der Waals surface area contributed by atoms with Crippen LogP contribution in [0.1, 0.15) is 6.42 Å². The SMILES string of the molecule is COC(O)C1=CC=CCC1C(O)O. The Hall–Kier alpha value is -0.680. The third-order valence-corrected chi connectivity index (χ3v) is 2.11. The number of aliphatic hydroxyl groups excluding tert-OH is 2. The van der Waals surface area contributed by atoms with Crippen molar-refractivity contribution in [3.8, 4) is 0 Å². The van der Waals surface area contributed by atoms with Crippen molar-refractivity contribution in [2.75, 3.05) is 7.11 Å². The molecule has 0 aromatic rings. The van der Waals surface area contributed by atoms with Crippen LogP contribution in [0.2, 0.25) is 0 Å². The highest BCUT2D eigenvalue weighted by molar-refractivity contribution is 5.23. The van der Waals surface area contributed by atoms with E-state index in [9.17, 15) is 5.11 Å². The molecule has 1 aliphatic rings. The van der Waals surface area contributed by atoms with Crippen molar-refractivity contribution in [1.82, 2.24) is 0 Å². The van der Waals surface area contributed by atoms with Crippen molar-refractivity contribution >= 4 is 0 Å².